The zero-order valence-electron chi connectivity index (χ0n) is 12.8. The van der Waals surface area contributed by atoms with Crippen LogP contribution in [0.3, 0.4) is 0 Å². The van der Waals surface area contributed by atoms with Gasteiger partial charge >= 0.3 is 0 Å². The monoisotopic (exact) mass is 299 g/mol. The number of nitrogens with zero attached hydrogens (tertiary/aromatic N) is 3. The smallest absolute Gasteiger partial charge is 0.160 e. The number of halogens is 1. The lowest BCUT2D eigenvalue weighted by molar-refractivity contribution is 0.0886. The summed E-state index contributed by atoms with van der Waals surface area (Å²) < 4.78 is 15.0. The van der Waals surface area contributed by atoms with Gasteiger partial charge in [0.05, 0.1) is 0 Å². The summed E-state index contributed by atoms with van der Waals surface area (Å²) in [5.41, 5.74) is 1.66. The van der Waals surface area contributed by atoms with E-state index in [1.165, 1.54) is 12.1 Å². The van der Waals surface area contributed by atoms with E-state index in [2.05, 4.69) is 9.97 Å². The van der Waals surface area contributed by atoms with Gasteiger partial charge in [-0.1, -0.05) is 12.1 Å². The quantitative estimate of drug-likeness (QED) is 0.808. The van der Waals surface area contributed by atoms with Crippen LogP contribution < -0.4 is 0 Å². The van der Waals surface area contributed by atoms with E-state index >= 15 is 0 Å². The van der Waals surface area contributed by atoms with Gasteiger partial charge in [-0.25, -0.2) is 14.4 Å². The van der Waals surface area contributed by atoms with Crippen LogP contribution in [-0.4, -0.2) is 19.6 Å². The molecule has 1 unspecified atom stereocenters. The predicted molar refractivity (Wildman–Crippen MR) is 83.0 cm³/mol. The molecule has 0 fully saturated rings. The second-order valence-corrected chi connectivity index (χ2v) is 5.55. The molecule has 0 aliphatic heterocycles. The topological polar surface area (TPSA) is 50.9 Å². The van der Waals surface area contributed by atoms with Gasteiger partial charge in [0.25, 0.3) is 0 Å². The molecule has 2 aromatic heterocycles. The SMILES string of the molecule is CCn1c(C(C)(O)c2ccc(F)cc2)nc2ccc(C)nc21. The highest BCUT2D eigenvalue weighted by Gasteiger charge is 2.32. The van der Waals surface area contributed by atoms with Crippen LogP contribution in [0.5, 0.6) is 0 Å². The minimum atomic E-state index is -1.32. The zero-order chi connectivity index (χ0) is 15.9. The molecular formula is C17H18FN3O. The maximum absolute atomic E-state index is 13.1. The van der Waals surface area contributed by atoms with E-state index in [1.807, 2.05) is 30.5 Å². The van der Waals surface area contributed by atoms with Crippen LogP contribution in [-0.2, 0) is 12.1 Å². The Morgan fingerprint density at radius 3 is 2.45 bits per heavy atom. The van der Waals surface area contributed by atoms with Gasteiger partial charge in [-0.05, 0) is 50.6 Å². The number of aliphatic hydroxyl groups is 1. The van der Waals surface area contributed by atoms with Crippen molar-refractivity contribution < 1.29 is 9.50 Å². The lowest BCUT2D eigenvalue weighted by atomic mass is 9.95. The largest absolute Gasteiger partial charge is 0.377 e. The van der Waals surface area contributed by atoms with Gasteiger partial charge in [0.2, 0.25) is 0 Å². The fraction of sp³-hybridized carbons (Fsp3) is 0.294. The van der Waals surface area contributed by atoms with Crippen molar-refractivity contribution in [3.63, 3.8) is 0 Å². The number of hydrogen-bond acceptors (Lipinski definition) is 3. The Hall–Kier alpha value is -2.27. The van der Waals surface area contributed by atoms with Crippen molar-refractivity contribution in [3.05, 3.63) is 59.3 Å². The third kappa shape index (κ3) is 2.27. The number of fused-ring (bicyclic) bond motifs is 1. The molecule has 1 N–H and O–H groups in total. The standard InChI is InChI=1S/C17H18FN3O/c1-4-21-15-14(10-5-11(2)19-15)20-16(21)17(3,22)12-6-8-13(18)9-7-12/h5-10,22H,4H2,1-3H3. The summed E-state index contributed by atoms with van der Waals surface area (Å²) in [6.07, 6.45) is 0. The Labute approximate surface area is 128 Å². The molecule has 0 aliphatic carbocycles. The maximum Gasteiger partial charge on any atom is 0.160 e. The molecule has 3 aromatic rings. The fourth-order valence-corrected chi connectivity index (χ4v) is 2.67. The summed E-state index contributed by atoms with van der Waals surface area (Å²) in [4.78, 5) is 9.07. The highest BCUT2D eigenvalue weighted by molar-refractivity contribution is 5.72. The average molecular weight is 299 g/mol. The first kappa shape index (κ1) is 14.7. The minimum Gasteiger partial charge on any atom is -0.377 e. The van der Waals surface area contributed by atoms with Crippen LogP contribution in [0.2, 0.25) is 0 Å². The van der Waals surface area contributed by atoms with Crippen molar-refractivity contribution in [1.82, 2.24) is 14.5 Å². The molecule has 22 heavy (non-hydrogen) atoms. The molecule has 114 valence electrons. The predicted octanol–water partition coefficient (Wildman–Crippen LogP) is 3.15. The van der Waals surface area contributed by atoms with Gasteiger partial charge in [0.1, 0.15) is 22.8 Å². The Balaban J connectivity index is 2.21. The van der Waals surface area contributed by atoms with Gasteiger partial charge in [0, 0.05) is 12.2 Å². The van der Waals surface area contributed by atoms with E-state index in [1.54, 1.807) is 19.1 Å². The van der Waals surface area contributed by atoms with Crippen LogP contribution in [0.15, 0.2) is 36.4 Å². The first-order chi connectivity index (χ1) is 10.4. The van der Waals surface area contributed by atoms with Crippen molar-refractivity contribution in [1.29, 1.82) is 0 Å². The summed E-state index contributed by atoms with van der Waals surface area (Å²) in [6, 6.07) is 9.62. The van der Waals surface area contributed by atoms with Gasteiger partial charge in [-0.15, -0.1) is 0 Å². The number of hydrogen-bond donors (Lipinski definition) is 1. The van der Waals surface area contributed by atoms with Crippen molar-refractivity contribution in [2.45, 2.75) is 32.9 Å². The van der Waals surface area contributed by atoms with Crippen molar-refractivity contribution in [2.75, 3.05) is 0 Å². The Morgan fingerprint density at radius 2 is 1.82 bits per heavy atom. The third-order valence-corrected chi connectivity index (χ3v) is 3.89. The number of rotatable bonds is 3. The molecule has 0 saturated carbocycles. The maximum atomic E-state index is 13.1. The van der Waals surface area contributed by atoms with E-state index in [0.29, 0.717) is 17.9 Å². The number of aryl methyl sites for hydroxylation is 2. The summed E-state index contributed by atoms with van der Waals surface area (Å²) >= 11 is 0. The van der Waals surface area contributed by atoms with E-state index < -0.39 is 5.60 Å². The lowest BCUT2D eigenvalue weighted by Gasteiger charge is -2.24. The Bertz CT molecular complexity index is 822. The van der Waals surface area contributed by atoms with E-state index in [9.17, 15) is 9.50 Å². The van der Waals surface area contributed by atoms with Crippen LogP contribution in [0.4, 0.5) is 4.39 Å². The van der Waals surface area contributed by atoms with Crippen molar-refractivity contribution in [3.8, 4) is 0 Å². The Morgan fingerprint density at radius 1 is 1.14 bits per heavy atom. The molecule has 5 heteroatoms. The molecule has 0 aliphatic rings. The number of aromatic nitrogens is 3. The lowest BCUT2D eigenvalue weighted by Crippen LogP contribution is -2.27. The molecule has 4 nitrogen and oxygen atoms in total. The molecule has 3 rings (SSSR count). The van der Waals surface area contributed by atoms with Crippen LogP contribution >= 0.6 is 0 Å². The van der Waals surface area contributed by atoms with E-state index in [-0.39, 0.29) is 5.82 Å². The highest BCUT2D eigenvalue weighted by Crippen LogP contribution is 2.30. The highest BCUT2D eigenvalue weighted by atomic mass is 19.1. The molecular weight excluding hydrogens is 281 g/mol. The molecule has 0 amide bonds. The fourth-order valence-electron chi connectivity index (χ4n) is 2.67. The third-order valence-electron chi connectivity index (χ3n) is 3.89. The number of benzene rings is 1. The molecule has 0 radical (unpaired) electrons. The van der Waals surface area contributed by atoms with Gasteiger partial charge in [-0.3, -0.25) is 0 Å². The molecule has 0 spiro atoms. The number of pyridine rings is 1. The first-order valence-corrected chi connectivity index (χ1v) is 7.26. The van der Waals surface area contributed by atoms with Crippen LogP contribution in [0, 0.1) is 12.7 Å². The second-order valence-electron chi connectivity index (χ2n) is 5.55. The summed E-state index contributed by atoms with van der Waals surface area (Å²) in [7, 11) is 0. The van der Waals surface area contributed by atoms with Crippen LogP contribution in [0.25, 0.3) is 11.2 Å². The zero-order valence-corrected chi connectivity index (χ0v) is 12.8. The van der Waals surface area contributed by atoms with Gasteiger partial charge in [0.15, 0.2) is 5.65 Å². The van der Waals surface area contributed by atoms with E-state index in [0.717, 1.165) is 16.9 Å². The first-order valence-electron chi connectivity index (χ1n) is 7.26. The Kier molecular flexibility index (Phi) is 3.45. The van der Waals surface area contributed by atoms with Crippen molar-refractivity contribution in [2.24, 2.45) is 0 Å². The molecule has 2 heterocycles. The molecule has 1 atom stereocenters. The van der Waals surface area contributed by atoms with Crippen molar-refractivity contribution >= 4 is 11.2 Å². The van der Waals surface area contributed by atoms with E-state index in [4.69, 9.17) is 0 Å². The second kappa shape index (κ2) is 5.18. The average Bonchev–Trinajstić information content (AvgIpc) is 2.86. The molecule has 0 bridgehead atoms. The van der Waals surface area contributed by atoms with Crippen LogP contribution in [0.1, 0.15) is 30.9 Å². The summed E-state index contributed by atoms with van der Waals surface area (Å²) in [6.45, 7) is 6.21. The van der Waals surface area contributed by atoms with Gasteiger partial charge in [-0.2, -0.15) is 0 Å². The van der Waals surface area contributed by atoms with Gasteiger partial charge < -0.3 is 9.67 Å². The molecule has 1 aromatic carbocycles. The summed E-state index contributed by atoms with van der Waals surface area (Å²) in [5, 5.41) is 11.0. The molecule has 0 saturated heterocycles. The minimum absolute atomic E-state index is 0.333. The normalized spacial score (nSPS) is 14.2. The summed E-state index contributed by atoms with van der Waals surface area (Å²) in [5.74, 6) is 0.176. The number of imidazole rings is 1.